The Kier molecular flexibility index (Phi) is 7.86. The van der Waals surface area contributed by atoms with Crippen LogP contribution in [0.25, 0.3) is 0 Å². The summed E-state index contributed by atoms with van der Waals surface area (Å²) in [6, 6.07) is 0.901. The maximum absolute atomic E-state index is 5.86. The zero-order valence-electron chi connectivity index (χ0n) is 12.5. The highest BCUT2D eigenvalue weighted by Crippen LogP contribution is 2.22. The number of aryl methyl sites for hydroxylation is 2. The second-order valence-corrected chi connectivity index (χ2v) is 7.89. The van der Waals surface area contributed by atoms with E-state index >= 15 is 0 Å². The van der Waals surface area contributed by atoms with Crippen molar-refractivity contribution in [2.45, 2.75) is 46.6 Å². The van der Waals surface area contributed by atoms with Gasteiger partial charge in [-0.2, -0.15) is 11.3 Å². The first kappa shape index (κ1) is 16.9. The van der Waals surface area contributed by atoms with Crippen molar-refractivity contribution in [1.82, 2.24) is 0 Å². The van der Waals surface area contributed by atoms with Crippen molar-refractivity contribution in [3.8, 4) is 0 Å². The van der Waals surface area contributed by atoms with Crippen molar-refractivity contribution in [3.63, 3.8) is 0 Å². The lowest BCUT2D eigenvalue weighted by molar-refractivity contribution is 0.0708. The molecule has 0 amide bonds. The molecule has 0 radical (unpaired) electrons. The molecule has 1 rings (SSSR count). The smallest absolute Gasteiger partial charge is 0.374 e. The van der Waals surface area contributed by atoms with Gasteiger partial charge in [0.15, 0.2) is 0 Å². The third kappa shape index (κ3) is 5.36. The molecule has 19 heavy (non-hydrogen) atoms. The molecule has 0 atom stereocenters. The van der Waals surface area contributed by atoms with Crippen LogP contribution in [-0.4, -0.2) is 28.6 Å². The molecule has 0 aliphatic carbocycles. The molecule has 0 aliphatic rings. The van der Waals surface area contributed by atoms with Gasteiger partial charge < -0.3 is 13.3 Å². The Morgan fingerprint density at radius 2 is 1.58 bits per heavy atom. The number of hydrogen-bond acceptors (Lipinski definition) is 4. The highest BCUT2D eigenvalue weighted by atomic mass is 32.1. The van der Waals surface area contributed by atoms with E-state index in [2.05, 4.69) is 17.7 Å². The zero-order valence-corrected chi connectivity index (χ0v) is 14.3. The summed E-state index contributed by atoms with van der Waals surface area (Å²) in [6.45, 7) is 10.1. The number of hydrogen-bond donors (Lipinski definition) is 0. The number of thiophene rings is 1. The van der Waals surface area contributed by atoms with Crippen LogP contribution in [0, 0.1) is 6.92 Å². The van der Waals surface area contributed by atoms with E-state index in [0.29, 0.717) is 19.8 Å². The van der Waals surface area contributed by atoms with E-state index in [1.807, 2.05) is 20.8 Å². The Morgan fingerprint density at radius 1 is 1.00 bits per heavy atom. The monoisotopic (exact) mass is 302 g/mol. The first-order chi connectivity index (χ1) is 9.17. The highest BCUT2D eigenvalue weighted by molar-refractivity contribution is 7.08. The largest absolute Gasteiger partial charge is 0.500 e. The summed E-state index contributed by atoms with van der Waals surface area (Å²) in [6.07, 6.45) is 2.14. The molecule has 0 N–H and O–H groups in total. The fraction of sp³-hybridized carbons (Fsp3) is 0.714. The van der Waals surface area contributed by atoms with E-state index < -0.39 is 8.80 Å². The molecule has 3 nitrogen and oxygen atoms in total. The quantitative estimate of drug-likeness (QED) is 0.611. The van der Waals surface area contributed by atoms with Gasteiger partial charge in [-0.3, -0.25) is 0 Å². The van der Waals surface area contributed by atoms with E-state index in [-0.39, 0.29) is 0 Å². The lowest BCUT2D eigenvalue weighted by Gasteiger charge is -2.28. The van der Waals surface area contributed by atoms with Crippen molar-refractivity contribution in [1.29, 1.82) is 0 Å². The molecule has 0 bridgehead atoms. The van der Waals surface area contributed by atoms with Crippen LogP contribution in [0.1, 0.15) is 38.3 Å². The maximum atomic E-state index is 5.86. The molecule has 0 aliphatic heterocycles. The molecule has 0 fully saturated rings. The molecule has 110 valence electrons. The molecule has 1 aromatic rings. The van der Waals surface area contributed by atoms with Crippen LogP contribution in [-0.2, 0) is 19.7 Å². The SMILES string of the molecule is CCO[Si](CCCc1cscc1C)(OCC)OCC. The third-order valence-electron chi connectivity index (χ3n) is 2.98. The summed E-state index contributed by atoms with van der Waals surface area (Å²) in [5.41, 5.74) is 2.83. The van der Waals surface area contributed by atoms with Gasteiger partial charge in [0.25, 0.3) is 0 Å². The highest BCUT2D eigenvalue weighted by Gasteiger charge is 2.39. The van der Waals surface area contributed by atoms with Crippen molar-refractivity contribution in [3.05, 3.63) is 21.9 Å². The average molecular weight is 303 g/mol. The van der Waals surface area contributed by atoms with Crippen LogP contribution >= 0.6 is 11.3 Å². The van der Waals surface area contributed by atoms with E-state index in [9.17, 15) is 0 Å². The van der Waals surface area contributed by atoms with Crippen LogP contribution in [0.4, 0.5) is 0 Å². The Bertz CT molecular complexity index is 337. The Morgan fingerprint density at radius 3 is 2.00 bits per heavy atom. The van der Waals surface area contributed by atoms with Gasteiger partial charge in [-0.05, 0) is 62.4 Å². The van der Waals surface area contributed by atoms with Crippen molar-refractivity contribution in [2.75, 3.05) is 19.8 Å². The predicted octanol–water partition coefficient (Wildman–Crippen LogP) is 4.04. The van der Waals surface area contributed by atoms with Crippen LogP contribution < -0.4 is 0 Å². The van der Waals surface area contributed by atoms with Gasteiger partial charge in [-0.25, -0.2) is 0 Å². The molecule has 0 unspecified atom stereocenters. The standard InChI is InChI=1S/C14H26O3SSi/c1-5-15-19(16-6-2,17-7-3)10-8-9-14-12-18-11-13(14)4/h11-12H,5-10H2,1-4H3. The summed E-state index contributed by atoms with van der Waals surface area (Å²) in [5, 5.41) is 4.44. The van der Waals surface area contributed by atoms with Crippen molar-refractivity contribution in [2.24, 2.45) is 0 Å². The van der Waals surface area contributed by atoms with Crippen LogP contribution in [0.3, 0.4) is 0 Å². The second kappa shape index (κ2) is 8.87. The lowest BCUT2D eigenvalue weighted by Crippen LogP contribution is -2.46. The van der Waals surface area contributed by atoms with E-state index in [4.69, 9.17) is 13.3 Å². The molecule has 5 heteroatoms. The first-order valence-corrected chi connectivity index (χ1v) is 9.98. The molecule has 0 saturated carbocycles. The minimum atomic E-state index is -2.44. The minimum Gasteiger partial charge on any atom is -0.374 e. The predicted molar refractivity (Wildman–Crippen MR) is 82.8 cm³/mol. The maximum Gasteiger partial charge on any atom is 0.500 e. The summed E-state index contributed by atoms with van der Waals surface area (Å²) in [5.74, 6) is 0. The molecular formula is C14H26O3SSi. The number of rotatable bonds is 10. The summed E-state index contributed by atoms with van der Waals surface area (Å²) in [4.78, 5) is 0. The van der Waals surface area contributed by atoms with Gasteiger partial charge in [-0.15, -0.1) is 0 Å². The summed E-state index contributed by atoms with van der Waals surface area (Å²) < 4.78 is 17.6. The Labute approximate surface area is 122 Å². The Balaban J connectivity index is 2.53. The summed E-state index contributed by atoms with van der Waals surface area (Å²) >= 11 is 1.77. The Hall–Kier alpha value is -0.203. The zero-order chi connectivity index (χ0) is 14.1. The van der Waals surface area contributed by atoms with Gasteiger partial charge in [0.2, 0.25) is 0 Å². The molecule has 0 saturated heterocycles. The normalized spacial score (nSPS) is 12.0. The first-order valence-electron chi connectivity index (χ1n) is 7.11. The van der Waals surface area contributed by atoms with Crippen LogP contribution in [0.5, 0.6) is 0 Å². The lowest BCUT2D eigenvalue weighted by atomic mass is 10.1. The van der Waals surface area contributed by atoms with Gasteiger partial charge in [0, 0.05) is 25.9 Å². The van der Waals surface area contributed by atoms with Crippen LogP contribution in [0.15, 0.2) is 10.8 Å². The third-order valence-corrected chi connectivity index (χ3v) is 7.05. The van der Waals surface area contributed by atoms with Gasteiger partial charge >= 0.3 is 8.80 Å². The van der Waals surface area contributed by atoms with E-state index in [1.54, 1.807) is 11.3 Å². The van der Waals surface area contributed by atoms with E-state index in [1.165, 1.54) is 11.1 Å². The summed E-state index contributed by atoms with van der Waals surface area (Å²) in [7, 11) is -2.44. The van der Waals surface area contributed by atoms with Crippen molar-refractivity contribution < 1.29 is 13.3 Å². The van der Waals surface area contributed by atoms with Gasteiger partial charge in [0.1, 0.15) is 0 Å². The minimum absolute atomic E-state index is 0.656. The molecule has 1 aromatic heterocycles. The second-order valence-electron chi connectivity index (χ2n) is 4.42. The topological polar surface area (TPSA) is 27.7 Å². The average Bonchev–Trinajstić information content (AvgIpc) is 2.76. The van der Waals surface area contributed by atoms with E-state index in [0.717, 1.165) is 18.9 Å². The molecule has 1 heterocycles. The molecule has 0 spiro atoms. The van der Waals surface area contributed by atoms with Crippen LogP contribution in [0.2, 0.25) is 6.04 Å². The van der Waals surface area contributed by atoms with Crippen molar-refractivity contribution >= 4 is 20.1 Å². The fourth-order valence-electron chi connectivity index (χ4n) is 2.14. The fourth-order valence-corrected chi connectivity index (χ4v) is 5.64. The molecular weight excluding hydrogens is 276 g/mol. The molecule has 0 aromatic carbocycles. The van der Waals surface area contributed by atoms with Gasteiger partial charge in [0.05, 0.1) is 0 Å². The van der Waals surface area contributed by atoms with Gasteiger partial charge in [-0.1, -0.05) is 0 Å².